The van der Waals surface area contributed by atoms with Crippen molar-refractivity contribution in [3.8, 4) is 0 Å². The van der Waals surface area contributed by atoms with Gasteiger partial charge in [-0.2, -0.15) is 0 Å². The van der Waals surface area contributed by atoms with Gasteiger partial charge in [0.25, 0.3) is 0 Å². The lowest BCUT2D eigenvalue weighted by molar-refractivity contribution is -0.132. The van der Waals surface area contributed by atoms with Crippen LogP contribution in [0.1, 0.15) is 31.2 Å². The van der Waals surface area contributed by atoms with Gasteiger partial charge >= 0.3 is 0 Å². The normalized spacial score (nSPS) is 23.6. The fourth-order valence-corrected chi connectivity index (χ4v) is 4.66. The fourth-order valence-electron chi connectivity index (χ4n) is 4.66. The zero-order valence-electron chi connectivity index (χ0n) is 16.1. The first kappa shape index (κ1) is 18.4. The van der Waals surface area contributed by atoms with Gasteiger partial charge in [-0.15, -0.1) is 0 Å². The number of hydrogen-bond donors (Lipinski definition) is 1. The highest BCUT2D eigenvalue weighted by molar-refractivity contribution is 5.82. The maximum absolute atomic E-state index is 12.7. The Morgan fingerprint density at radius 1 is 1.22 bits per heavy atom. The van der Waals surface area contributed by atoms with E-state index < -0.39 is 6.10 Å². The van der Waals surface area contributed by atoms with Crippen LogP contribution in [0.4, 0.5) is 0 Å². The molecule has 1 aromatic heterocycles. The monoisotopic (exact) mass is 367 g/mol. The van der Waals surface area contributed by atoms with Gasteiger partial charge in [0.15, 0.2) is 0 Å². The summed E-state index contributed by atoms with van der Waals surface area (Å²) >= 11 is 0. The number of likely N-dealkylation sites (N-methyl/N-ethyl adjacent to an activating group) is 1. The maximum Gasteiger partial charge on any atom is 0.236 e. The molecule has 0 spiro atoms. The van der Waals surface area contributed by atoms with Gasteiger partial charge in [0.1, 0.15) is 0 Å². The minimum Gasteiger partial charge on any atom is -0.391 e. The number of hydrogen-bond acceptors (Lipinski definition) is 4. The lowest BCUT2D eigenvalue weighted by atomic mass is 9.94. The van der Waals surface area contributed by atoms with Crippen molar-refractivity contribution in [1.82, 2.24) is 14.8 Å². The van der Waals surface area contributed by atoms with E-state index in [9.17, 15) is 9.90 Å². The van der Waals surface area contributed by atoms with Crippen molar-refractivity contribution in [3.05, 3.63) is 42.1 Å². The topological polar surface area (TPSA) is 56.7 Å². The van der Waals surface area contributed by atoms with Crippen LogP contribution in [0.5, 0.6) is 0 Å². The predicted molar refractivity (Wildman–Crippen MR) is 106 cm³/mol. The van der Waals surface area contributed by atoms with Crippen LogP contribution in [0, 0.1) is 5.92 Å². The Morgan fingerprint density at radius 3 is 2.81 bits per heavy atom. The molecule has 1 saturated carbocycles. The molecule has 1 aliphatic carbocycles. The van der Waals surface area contributed by atoms with Crippen LogP contribution in [0.15, 0.2) is 36.5 Å². The number of likely N-dealkylation sites (tertiary alicyclic amines) is 1. The third-order valence-corrected chi connectivity index (χ3v) is 6.31. The van der Waals surface area contributed by atoms with Crippen molar-refractivity contribution >= 4 is 16.8 Å². The molecule has 1 aliphatic heterocycles. The van der Waals surface area contributed by atoms with Gasteiger partial charge in [0, 0.05) is 36.6 Å². The number of aliphatic hydroxyl groups excluding tert-OH is 1. The minimum absolute atomic E-state index is 0.0801. The second kappa shape index (κ2) is 7.95. The van der Waals surface area contributed by atoms with E-state index in [1.54, 1.807) is 0 Å². The molecular formula is C22H29N3O2. The predicted octanol–water partition coefficient (Wildman–Crippen LogP) is 2.47. The SMILES string of the molecule is CN(CC(=O)N1C[C@@H](Cc2ccnc3ccccc23)[C@H](O)C1)C1CCCC1. The van der Waals surface area contributed by atoms with Gasteiger partial charge in [-0.3, -0.25) is 14.7 Å². The molecule has 2 fully saturated rings. The summed E-state index contributed by atoms with van der Waals surface area (Å²) < 4.78 is 0. The van der Waals surface area contributed by atoms with E-state index in [0.29, 0.717) is 25.7 Å². The molecule has 27 heavy (non-hydrogen) atoms. The van der Waals surface area contributed by atoms with Crippen LogP contribution < -0.4 is 0 Å². The molecule has 0 radical (unpaired) electrons. The van der Waals surface area contributed by atoms with Crippen molar-refractivity contribution < 1.29 is 9.90 Å². The zero-order valence-corrected chi connectivity index (χ0v) is 16.1. The molecule has 1 aromatic carbocycles. The van der Waals surface area contributed by atoms with Gasteiger partial charge in [-0.25, -0.2) is 0 Å². The Kier molecular flexibility index (Phi) is 5.41. The summed E-state index contributed by atoms with van der Waals surface area (Å²) in [4.78, 5) is 21.2. The summed E-state index contributed by atoms with van der Waals surface area (Å²) in [7, 11) is 2.06. The number of para-hydroxylation sites is 1. The smallest absolute Gasteiger partial charge is 0.236 e. The van der Waals surface area contributed by atoms with E-state index in [4.69, 9.17) is 0 Å². The first-order valence-electron chi connectivity index (χ1n) is 10.1. The number of carbonyl (C=O) groups is 1. The number of β-amino-alcohol motifs (C(OH)–C–C–N with tert-alkyl or cyclic N) is 1. The zero-order chi connectivity index (χ0) is 18.8. The van der Waals surface area contributed by atoms with Crippen molar-refractivity contribution in [2.45, 2.75) is 44.2 Å². The number of pyridine rings is 1. The molecule has 2 aliphatic rings. The number of amides is 1. The van der Waals surface area contributed by atoms with Crippen molar-refractivity contribution in [2.24, 2.45) is 5.92 Å². The van der Waals surface area contributed by atoms with E-state index in [1.165, 1.54) is 31.2 Å². The Balaban J connectivity index is 1.40. The number of rotatable bonds is 5. The molecule has 1 amide bonds. The van der Waals surface area contributed by atoms with E-state index in [0.717, 1.165) is 17.3 Å². The van der Waals surface area contributed by atoms with E-state index in [1.807, 2.05) is 35.4 Å². The summed E-state index contributed by atoms with van der Waals surface area (Å²) in [6.07, 6.45) is 7.08. The summed E-state index contributed by atoms with van der Waals surface area (Å²) in [5.41, 5.74) is 2.18. The molecule has 4 rings (SSSR count). The second-order valence-corrected chi connectivity index (χ2v) is 8.17. The molecular weight excluding hydrogens is 338 g/mol. The molecule has 144 valence electrons. The summed E-state index contributed by atoms with van der Waals surface area (Å²) in [6, 6.07) is 10.7. The summed E-state index contributed by atoms with van der Waals surface area (Å²) in [5, 5.41) is 11.7. The molecule has 1 N–H and O–H groups in total. The standard InChI is InChI=1S/C22H29N3O2/c1-24(18-6-2-3-7-18)15-22(27)25-13-17(21(26)14-25)12-16-10-11-23-20-9-5-4-8-19(16)20/h4-5,8-11,17-18,21,26H,2-3,6-7,12-15H2,1H3/t17-,21-/m1/s1. The van der Waals surface area contributed by atoms with Crippen molar-refractivity contribution in [1.29, 1.82) is 0 Å². The van der Waals surface area contributed by atoms with E-state index >= 15 is 0 Å². The van der Waals surface area contributed by atoms with E-state index in [-0.39, 0.29) is 11.8 Å². The van der Waals surface area contributed by atoms with Crippen LogP contribution in [0.3, 0.4) is 0 Å². The average molecular weight is 367 g/mol. The Hall–Kier alpha value is -1.98. The van der Waals surface area contributed by atoms with Crippen LogP contribution >= 0.6 is 0 Å². The molecule has 2 atom stereocenters. The molecule has 5 nitrogen and oxygen atoms in total. The number of nitrogens with zero attached hydrogens (tertiary/aromatic N) is 3. The molecule has 0 bridgehead atoms. The Morgan fingerprint density at radius 2 is 2.00 bits per heavy atom. The number of fused-ring (bicyclic) bond motifs is 1. The number of carbonyl (C=O) groups excluding carboxylic acids is 1. The van der Waals surface area contributed by atoms with Crippen LogP contribution in [0.25, 0.3) is 10.9 Å². The van der Waals surface area contributed by atoms with Gasteiger partial charge in [-0.1, -0.05) is 31.0 Å². The third-order valence-electron chi connectivity index (χ3n) is 6.31. The maximum atomic E-state index is 12.7. The van der Waals surface area contributed by atoms with Crippen molar-refractivity contribution in [2.75, 3.05) is 26.7 Å². The van der Waals surface area contributed by atoms with Gasteiger partial charge in [0.05, 0.1) is 18.2 Å². The number of benzene rings is 1. The summed E-state index contributed by atoms with van der Waals surface area (Å²) in [5.74, 6) is 0.224. The highest BCUT2D eigenvalue weighted by Crippen LogP contribution is 2.26. The van der Waals surface area contributed by atoms with Crippen LogP contribution in [-0.2, 0) is 11.2 Å². The van der Waals surface area contributed by atoms with E-state index in [2.05, 4.69) is 23.0 Å². The largest absolute Gasteiger partial charge is 0.391 e. The molecule has 1 saturated heterocycles. The summed E-state index contributed by atoms with van der Waals surface area (Å²) in [6.45, 7) is 1.54. The highest BCUT2D eigenvalue weighted by Gasteiger charge is 2.35. The Labute approximate surface area is 161 Å². The number of aromatic nitrogens is 1. The van der Waals surface area contributed by atoms with Gasteiger partial charge in [0.2, 0.25) is 5.91 Å². The second-order valence-electron chi connectivity index (χ2n) is 8.17. The first-order valence-corrected chi connectivity index (χ1v) is 10.1. The molecule has 5 heteroatoms. The van der Waals surface area contributed by atoms with Gasteiger partial charge in [-0.05, 0) is 44.0 Å². The Bertz CT molecular complexity index is 798. The third kappa shape index (κ3) is 3.99. The minimum atomic E-state index is -0.460. The van der Waals surface area contributed by atoms with Crippen LogP contribution in [0.2, 0.25) is 0 Å². The molecule has 0 unspecified atom stereocenters. The first-order chi connectivity index (χ1) is 13.1. The molecule has 2 heterocycles. The van der Waals surface area contributed by atoms with Gasteiger partial charge < -0.3 is 10.0 Å². The van der Waals surface area contributed by atoms with Crippen LogP contribution in [-0.4, -0.2) is 64.6 Å². The lowest BCUT2D eigenvalue weighted by Gasteiger charge is -2.26. The van der Waals surface area contributed by atoms with Crippen molar-refractivity contribution in [3.63, 3.8) is 0 Å². The highest BCUT2D eigenvalue weighted by atomic mass is 16.3. The quantitative estimate of drug-likeness (QED) is 0.882. The lowest BCUT2D eigenvalue weighted by Crippen LogP contribution is -2.41. The number of aliphatic hydroxyl groups is 1. The fraction of sp³-hybridized carbons (Fsp3) is 0.545. The average Bonchev–Trinajstić information content (AvgIpc) is 3.33. The molecule has 2 aromatic rings.